The third kappa shape index (κ3) is 3.49. The van der Waals surface area contributed by atoms with Crippen molar-refractivity contribution in [3.8, 4) is 0 Å². The Balaban J connectivity index is 2.34. The van der Waals surface area contributed by atoms with Crippen LogP contribution in [0.25, 0.3) is 0 Å². The van der Waals surface area contributed by atoms with Crippen molar-refractivity contribution >= 4 is 11.6 Å². The van der Waals surface area contributed by atoms with E-state index < -0.39 is 5.82 Å². The molecule has 1 heterocycles. The van der Waals surface area contributed by atoms with Gasteiger partial charge in [0.05, 0.1) is 11.1 Å². The van der Waals surface area contributed by atoms with Crippen LogP contribution in [0.15, 0.2) is 36.9 Å². The number of hydrogen-bond acceptors (Lipinski definition) is 3. The summed E-state index contributed by atoms with van der Waals surface area (Å²) >= 11 is 5.85. The van der Waals surface area contributed by atoms with Crippen LogP contribution in [0.4, 0.5) is 4.39 Å². The summed E-state index contributed by atoms with van der Waals surface area (Å²) in [6, 6.07) is 4.65. The predicted octanol–water partition coefficient (Wildman–Crippen LogP) is 3.36. The molecule has 1 aromatic heterocycles. The third-order valence-corrected chi connectivity index (χ3v) is 3.08. The molecule has 1 aromatic carbocycles. The fourth-order valence-electron chi connectivity index (χ4n) is 1.87. The van der Waals surface area contributed by atoms with Gasteiger partial charge in [-0.2, -0.15) is 0 Å². The van der Waals surface area contributed by atoms with Gasteiger partial charge in [-0.1, -0.05) is 24.6 Å². The van der Waals surface area contributed by atoms with Crippen molar-refractivity contribution in [2.24, 2.45) is 0 Å². The summed E-state index contributed by atoms with van der Waals surface area (Å²) in [5, 5.41) is 3.51. The van der Waals surface area contributed by atoms with Crippen molar-refractivity contribution in [3.05, 3.63) is 58.9 Å². The van der Waals surface area contributed by atoms with E-state index in [-0.39, 0.29) is 11.1 Å². The van der Waals surface area contributed by atoms with Crippen LogP contribution < -0.4 is 5.32 Å². The lowest BCUT2D eigenvalue weighted by Gasteiger charge is -2.19. The van der Waals surface area contributed by atoms with Crippen molar-refractivity contribution in [2.45, 2.75) is 19.4 Å². The van der Waals surface area contributed by atoms with Crippen LogP contribution in [-0.4, -0.2) is 16.5 Å². The van der Waals surface area contributed by atoms with Crippen molar-refractivity contribution in [2.75, 3.05) is 6.54 Å². The molecular weight excluding hydrogens is 265 g/mol. The van der Waals surface area contributed by atoms with Crippen LogP contribution in [0.3, 0.4) is 0 Å². The number of halogens is 2. The minimum atomic E-state index is -0.413. The molecule has 0 saturated heterocycles. The van der Waals surface area contributed by atoms with E-state index in [0.717, 1.165) is 24.1 Å². The number of nitrogens with one attached hydrogen (secondary N) is 1. The summed E-state index contributed by atoms with van der Waals surface area (Å²) in [7, 11) is 0. The van der Waals surface area contributed by atoms with E-state index in [2.05, 4.69) is 22.2 Å². The van der Waals surface area contributed by atoms with Crippen molar-refractivity contribution in [1.29, 1.82) is 0 Å². The van der Waals surface area contributed by atoms with Crippen LogP contribution in [0.5, 0.6) is 0 Å². The molecular formula is C14H15ClFN3. The van der Waals surface area contributed by atoms with Crippen LogP contribution in [0.1, 0.15) is 30.5 Å². The molecule has 19 heavy (non-hydrogen) atoms. The minimum Gasteiger partial charge on any atom is -0.306 e. The maximum Gasteiger partial charge on any atom is 0.141 e. The summed E-state index contributed by atoms with van der Waals surface area (Å²) in [5.41, 5.74) is 1.83. The van der Waals surface area contributed by atoms with Gasteiger partial charge >= 0.3 is 0 Å². The first-order valence-electron chi connectivity index (χ1n) is 6.15. The zero-order chi connectivity index (χ0) is 13.7. The number of rotatable bonds is 5. The van der Waals surface area contributed by atoms with Gasteiger partial charge in [-0.05, 0) is 30.7 Å². The average Bonchev–Trinajstić information content (AvgIpc) is 2.44. The largest absolute Gasteiger partial charge is 0.306 e. The number of aromatic nitrogens is 2. The molecule has 0 saturated carbocycles. The van der Waals surface area contributed by atoms with E-state index in [0.29, 0.717) is 0 Å². The maximum absolute atomic E-state index is 13.2. The van der Waals surface area contributed by atoms with Gasteiger partial charge in [0.25, 0.3) is 0 Å². The monoisotopic (exact) mass is 279 g/mol. The Morgan fingerprint density at radius 2 is 2.00 bits per heavy atom. The zero-order valence-corrected chi connectivity index (χ0v) is 11.4. The molecule has 2 aromatic rings. The van der Waals surface area contributed by atoms with Crippen LogP contribution in [-0.2, 0) is 0 Å². The standard InChI is InChI=1S/C14H15ClFN3/c1-2-5-19-14(11-7-17-9-18-8-11)10-3-4-13(16)12(15)6-10/h3-4,6-9,14,19H,2,5H2,1H3. The molecule has 1 unspecified atom stereocenters. The second kappa shape index (κ2) is 6.59. The first-order chi connectivity index (χ1) is 9.22. The number of nitrogens with zero attached hydrogens (tertiary/aromatic N) is 2. The Morgan fingerprint density at radius 3 is 2.63 bits per heavy atom. The Morgan fingerprint density at radius 1 is 1.26 bits per heavy atom. The second-order valence-electron chi connectivity index (χ2n) is 4.23. The lowest BCUT2D eigenvalue weighted by molar-refractivity contribution is 0.590. The topological polar surface area (TPSA) is 37.8 Å². The van der Waals surface area contributed by atoms with Gasteiger partial charge in [0.1, 0.15) is 12.1 Å². The zero-order valence-electron chi connectivity index (χ0n) is 10.6. The average molecular weight is 280 g/mol. The molecule has 0 amide bonds. The first-order valence-corrected chi connectivity index (χ1v) is 6.53. The summed E-state index contributed by atoms with van der Waals surface area (Å²) in [5.74, 6) is -0.413. The van der Waals surface area contributed by atoms with E-state index in [4.69, 9.17) is 11.6 Å². The fraction of sp³-hybridized carbons (Fsp3) is 0.286. The molecule has 0 spiro atoms. The van der Waals surface area contributed by atoms with Gasteiger partial charge in [0.15, 0.2) is 0 Å². The van der Waals surface area contributed by atoms with Gasteiger partial charge in [-0.25, -0.2) is 14.4 Å². The van der Waals surface area contributed by atoms with Crippen molar-refractivity contribution in [3.63, 3.8) is 0 Å². The van der Waals surface area contributed by atoms with E-state index in [1.807, 2.05) is 0 Å². The van der Waals surface area contributed by atoms with Crippen LogP contribution in [0, 0.1) is 5.82 Å². The van der Waals surface area contributed by atoms with E-state index in [1.165, 1.54) is 12.4 Å². The highest BCUT2D eigenvalue weighted by Gasteiger charge is 2.15. The molecule has 0 aliphatic rings. The highest BCUT2D eigenvalue weighted by Crippen LogP contribution is 2.25. The van der Waals surface area contributed by atoms with Crippen molar-refractivity contribution in [1.82, 2.24) is 15.3 Å². The number of hydrogen-bond donors (Lipinski definition) is 1. The van der Waals surface area contributed by atoms with Gasteiger partial charge in [-0.15, -0.1) is 0 Å². The first kappa shape index (κ1) is 13.9. The molecule has 0 bridgehead atoms. The van der Waals surface area contributed by atoms with E-state index in [1.54, 1.807) is 24.5 Å². The summed E-state index contributed by atoms with van der Waals surface area (Å²) < 4.78 is 13.2. The van der Waals surface area contributed by atoms with E-state index in [9.17, 15) is 4.39 Å². The van der Waals surface area contributed by atoms with Gasteiger partial charge < -0.3 is 5.32 Å². The SMILES string of the molecule is CCCNC(c1cncnc1)c1ccc(F)c(Cl)c1. The maximum atomic E-state index is 13.2. The Kier molecular flexibility index (Phi) is 4.82. The molecule has 5 heteroatoms. The molecule has 2 rings (SSSR count). The summed E-state index contributed by atoms with van der Waals surface area (Å²) in [6.45, 7) is 2.93. The molecule has 100 valence electrons. The Hall–Kier alpha value is -1.52. The number of benzene rings is 1. The summed E-state index contributed by atoms with van der Waals surface area (Å²) in [4.78, 5) is 8.04. The second-order valence-corrected chi connectivity index (χ2v) is 4.64. The van der Waals surface area contributed by atoms with Crippen LogP contribution >= 0.6 is 11.6 Å². The lowest BCUT2D eigenvalue weighted by Crippen LogP contribution is -2.23. The highest BCUT2D eigenvalue weighted by molar-refractivity contribution is 6.30. The van der Waals surface area contributed by atoms with Crippen molar-refractivity contribution < 1.29 is 4.39 Å². The van der Waals surface area contributed by atoms with Crippen LogP contribution in [0.2, 0.25) is 5.02 Å². The van der Waals surface area contributed by atoms with E-state index >= 15 is 0 Å². The molecule has 0 fully saturated rings. The Bertz CT molecular complexity index is 533. The molecule has 1 N–H and O–H groups in total. The Labute approximate surface area is 116 Å². The quantitative estimate of drug-likeness (QED) is 0.912. The molecule has 0 aliphatic carbocycles. The predicted molar refractivity (Wildman–Crippen MR) is 73.6 cm³/mol. The molecule has 0 aliphatic heterocycles. The smallest absolute Gasteiger partial charge is 0.141 e. The van der Waals surface area contributed by atoms with Gasteiger partial charge in [0.2, 0.25) is 0 Å². The molecule has 3 nitrogen and oxygen atoms in total. The minimum absolute atomic E-state index is 0.0840. The third-order valence-electron chi connectivity index (χ3n) is 2.79. The normalized spacial score (nSPS) is 12.4. The highest BCUT2D eigenvalue weighted by atomic mass is 35.5. The molecule has 1 atom stereocenters. The van der Waals surface area contributed by atoms with Gasteiger partial charge in [0, 0.05) is 18.0 Å². The molecule has 0 radical (unpaired) electrons. The lowest BCUT2D eigenvalue weighted by atomic mass is 10.0. The van der Waals surface area contributed by atoms with Gasteiger partial charge in [-0.3, -0.25) is 0 Å². The fourth-order valence-corrected chi connectivity index (χ4v) is 2.06. The summed E-state index contributed by atoms with van der Waals surface area (Å²) in [6.07, 6.45) is 5.98.